The Hall–Kier alpha value is -1.69. The Balaban J connectivity index is 1.77. The number of likely N-dealkylation sites (tertiary alicyclic amines) is 1. The molecule has 28 heavy (non-hydrogen) atoms. The van der Waals surface area contributed by atoms with E-state index in [2.05, 4.69) is 18.7 Å². The minimum absolute atomic E-state index is 0.0768. The molecule has 2 fully saturated rings. The fourth-order valence-corrected chi connectivity index (χ4v) is 4.50. The number of carbonyl (C=O) groups excluding carboxylic acids is 1. The van der Waals surface area contributed by atoms with E-state index in [0.717, 1.165) is 18.5 Å². The molecule has 0 aromatic heterocycles. The van der Waals surface area contributed by atoms with Crippen LogP contribution in [0.5, 0.6) is 0 Å². The number of halogens is 2. The SMILES string of the molecule is CC(C)N1CC[C@H](N(C(=O)OCc2ccccc2)[C@H]2CCCC(F)(F)[C@@H]2C)C1. The number of nitrogens with zero attached hydrogens (tertiary/aromatic N) is 2. The topological polar surface area (TPSA) is 32.8 Å². The first-order valence-electron chi connectivity index (χ1n) is 10.4. The van der Waals surface area contributed by atoms with Crippen LogP contribution < -0.4 is 0 Å². The van der Waals surface area contributed by atoms with Crippen LogP contribution in [0.2, 0.25) is 0 Å². The van der Waals surface area contributed by atoms with Crippen LogP contribution in [-0.4, -0.2) is 53.0 Å². The second kappa shape index (κ2) is 8.76. The minimum Gasteiger partial charge on any atom is -0.445 e. The molecule has 1 saturated heterocycles. The van der Waals surface area contributed by atoms with Gasteiger partial charge in [-0.1, -0.05) is 37.3 Å². The summed E-state index contributed by atoms with van der Waals surface area (Å²) in [5, 5.41) is 0. The molecule has 156 valence electrons. The van der Waals surface area contributed by atoms with E-state index in [9.17, 15) is 13.6 Å². The molecule has 6 heteroatoms. The molecule has 0 N–H and O–H groups in total. The summed E-state index contributed by atoms with van der Waals surface area (Å²) >= 11 is 0. The first kappa shape index (κ1) is 21.0. The Morgan fingerprint density at radius 3 is 2.64 bits per heavy atom. The van der Waals surface area contributed by atoms with Crippen molar-refractivity contribution in [2.75, 3.05) is 13.1 Å². The third kappa shape index (κ3) is 4.65. The largest absolute Gasteiger partial charge is 0.445 e. The van der Waals surface area contributed by atoms with Gasteiger partial charge in [0.05, 0.1) is 0 Å². The molecule has 0 spiro atoms. The summed E-state index contributed by atoms with van der Waals surface area (Å²) in [5.41, 5.74) is 0.896. The summed E-state index contributed by atoms with van der Waals surface area (Å²) in [4.78, 5) is 17.0. The molecule has 3 atom stereocenters. The lowest BCUT2D eigenvalue weighted by Crippen LogP contribution is -2.56. The summed E-state index contributed by atoms with van der Waals surface area (Å²) < 4.78 is 34.4. The number of ether oxygens (including phenoxy) is 1. The van der Waals surface area contributed by atoms with E-state index in [1.54, 1.807) is 11.8 Å². The summed E-state index contributed by atoms with van der Waals surface area (Å²) in [6.45, 7) is 7.58. The molecule has 1 aromatic carbocycles. The lowest BCUT2D eigenvalue weighted by atomic mass is 9.81. The van der Waals surface area contributed by atoms with Crippen LogP contribution in [-0.2, 0) is 11.3 Å². The monoisotopic (exact) mass is 394 g/mol. The van der Waals surface area contributed by atoms with Crippen molar-refractivity contribution in [3.63, 3.8) is 0 Å². The van der Waals surface area contributed by atoms with E-state index in [4.69, 9.17) is 4.74 Å². The van der Waals surface area contributed by atoms with Crippen molar-refractivity contribution in [1.82, 2.24) is 9.80 Å². The molecule has 3 rings (SSSR count). The van der Waals surface area contributed by atoms with Gasteiger partial charge in [0.15, 0.2) is 0 Å². The maximum absolute atomic E-state index is 14.4. The van der Waals surface area contributed by atoms with Crippen LogP contribution in [0.4, 0.5) is 13.6 Å². The highest BCUT2D eigenvalue weighted by Gasteiger charge is 2.49. The smallest absolute Gasteiger partial charge is 0.410 e. The molecule has 4 nitrogen and oxygen atoms in total. The average Bonchev–Trinajstić information content (AvgIpc) is 3.14. The number of alkyl halides is 2. The van der Waals surface area contributed by atoms with E-state index < -0.39 is 24.0 Å². The van der Waals surface area contributed by atoms with Crippen molar-refractivity contribution in [2.24, 2.45) is 5.92 Å². The van der Waals surface area contributed by atoms with Gasteiger partial charge in [-0.3, -0.25) is 4.90 Å². The lowest BCUT2D eigenvalue weighted by Gasteiger charge is -2.44. The number of rotatable bonds is 5. The molecular formula is C22H32F2N2O2. The quantitative estimate of drug-likeness (QED) is 0.710. The van der Waals surface area contributed by atoms with Crippen molar-refractivity contribution in [3.8, 4) is 0 Å². The van der Waals surface area contributed by atoms with Crippen LogP contribution >= 0.6 is 0 Å². The molecule has 1 aliphatic heterocycles. The van der Waals surface area contributed by atoms with Crippen molar-refractivity contribution < 1.29 is 18.3 Å². The Morgan fingerprint density at radius 1 is 1.29 bits per heavy atom. The summed E-state index contributed by atoms with van der Waals surface area (Å²) in [7, 11) is 0. The second-order valence-electron chi connectivity index (χ2n) is 8.49. The molecule has 1 aromatic rings. The van der Waals surface area contributed by atoms with E-state index in [1.165, 1.54) is 0 Å². The van der Waals surface area contributed by atoms with Crippen LogP contribution in [0.25, 0.3) is 0 Å². The van der Waals surface area contributed by atoms with Gasteiger partial charge in [-0.15, -0.1) is 0 Å². The molecule has 0 radical (unpaired) electrons. The number of hydrogen-bond donors (Lipinski definition) is 0. The molecule has 1 heterocycles. The van der Waals surface area contributed by atoms with Gasteiger partial charge in [0, 0.05) is 43.6 Å². The van der Waals surface area contributed by atoms with E-state index >= 15 is 0 Å². The molecule has 1 amide bonds. The normalized spacial score (nSPS) is 27.7. The van der Waals surface area contributed by atoms with E-state index in [0.29, 0.717) is 25.4 Å². The van der Waals surface area contributed by atoms with Crippen LogP contribution in [0, 0.1) is 5.92 Å². The van der Waals surface area contributed by atoms with Gasteiger partial charge in [0.2, 0.25) is 0 Å². The first-order chi connectivity index (χ1) is 13.3. The van der Waals surface area contributed by atoms with Gasteiger partial charge < -0.3 is 9.64 Å². The molecule has 0 unspecified atom stereocenters. The van der Waals surface area contributed by atoms with Gasteiger partial charge in [0.1, 0.15) is 6.61 Å². The van der Waals surface area contributed by atoms with Gasteiger partial charge >= 0.3 is 6.09 Å². The van der Waals surface area contributed by atoms with Crippen molar-refractivity contribution >= 4 is 6.09 Å². The Bertz CT molecular complexity index is 653. The fraction of sp³-hybridized carbons (Fsp3) is 0.682. The molecular weight excluding hydrogens is 362 g/mol. The zero-order valence-electron chi connectivity index (χ0n) is 17.1. The maximum Gasteiger partial charge on any atom is 0.410 e. The van der Waals surface area contributed by atoms with E-state index in [-0.39, 0.29) is 19.1 Å². The fourth-order valence-electron chi connectivity index (χ4n) is 4.50. The highest BCUT2D eigenvalue weighted by molar-refractivity contribution is 5.69. The molecule has 1 aliphatic carbocycles. The minimum atomic E-state index is -2.74. The van der Waals surface area contributed by atoms with Crippen molar-refractivity contribution in [1.29, 1.82) is 0 Å². The van der Waals surface area contributed by atoms with Gasteiger partial charge in [0.25, 0.3) is 5.92 Å². The Labute approximate surface area is 166 Å². The number of benzene rings is 1. The number of amides is 1. The zero-order chi connectivity index (χ0) is 20.3. The number of hydrogen-bond acceptors (Lipinski definition) is 3. The van der Waals surface area contributed by atoms with Gasteiger partial charge in [-0.2, -0.15) is 0 Å². The third-order valence-corrected chi connectivity index (χ3v) is 6.35. The van der Waals surface area contributed by atoms with E-state index in [1.807, 2.05) is 30.3 Å². The zero-order valence-corrected chi connectivity index (χ0v) is 17.1. The second-order valence-corrected chi connectivity index (χ2v) is 8.49. The molecule has 2 aliphatic rings. The third-order valence-electron chi connectivity index (χ3n) is 6.35. The maximum atomic E-state index is 14.4. The summed E-state index contributed by atoms with van der Waals surface area (Å²) in [5.74, 6) is -3.60. The van der Waals surface area contributed by atoms with Crippen molar-refractivity contribution in [3.05, 3.63) is 35.9 Å². The van der Waals surface area contributed by atoms with Crippen molar-refractivity contribution in [2.45, 2.75) is 77.1 Å². The molecule has 0 bridgehead atoms. The Morgan fingerprint density at radius 2 is 2.00 bits per heavy atom. The highest BCUT2D eigenvalue weighted by atomic mass is 19.3. The molecule has 1 saturated carbocycles. The lowest BCUT2D eigenvalue weighted by molar-refractivity contribution is -0.113. The van der Waals surface area contributed by atoms with Gasteiger partial charge in [-0.25, -0.2) is 13.6 Å². The predicted molar refractivity (Wildman–Crippen MR) is 105 cm³/mol. The first-order valence-corrected chi connectivity index (χ1v) is 10.4. The average molecular weight is 395 g/mol. The predicted octanol–water partition coefficient (Wildman–Crippen LogP) is 4.93. The Kier molecular flexibility index (Phi) is 6.58. The standard InChI is InChI=1S/C22H32F2N2O2/c1-16(2)25-13-11-19(14-25)26(20-10-7-12-22(23,24)17(20)3)21(27)28-15-18-8-5-4-6-9-18/h4-6,8-9,16-17,19-20H,7,10-15H2,1-3H3/t17-,19+,20+/m1/s1. The van der Waals surface area contributed by atoms with Gasteiger partial charge in [-0.05, 0) is 38.7 Å². The number of carbonyl (C=O) groups is 1. The van der Waals surface area contributed by atoms with Crippen LogP contribution in [0.3, 0.4) is 0 Å². The highest BCUT2D eigenvalue weighted by Crippen LogP contribution is 2.42. The summed E-state index contributed by atoms with van der Waals surface area (Å²) in [6, 6.07) is 9.29. The van der Waals surface area contributed by atoms with Crippen LogP contribution in [0.1, 0.15) is 52.0 Å². The van der Waals surface area contributed by atoms with Crippen LogP contribution in [0.15, 0.2) is 30.3 Å². The summed E-state index contributed by atoms with van der Waals surface area (Å²) in [6.07, 6.45) is 1.28.